The summed E-state index contributed by atoms with van der Waals surface area (Å²) in [7, 11) is 0. The van der Waals surface area contributed by atoms with E-state index in [1.54, 1.807) is 60.4 Å². The van der Waals surface area contributed by atoms with Crippen molar-refractivity contribution in [1.82, 2.24) is 4.90 Å². The van der Waals surface area contributed by atoms with Gasteiger partial charge in [0.25, 0.3) is 0 Å². The van der Waals surface area contributed by atoms with Crippen LogP contribution in [0.3, 0.4) is 0 Å². The Morgan fingerprint density at radius 3 is 1.72 bits per heavy atom. The zero-order valence-electron chi connectivity index (χ0n) is 15.5. The minimum Gasteiger partial charge on any atom is -0.334 e. The van der Waals surface area contributed by atoms with Crippen molar-refractivity contribution in [3.63, 3.8) is 0 Å². The van der Waals surface area contributed by atoms with Crippen LogP contribution in [0.1, 0.15) is 24.5 Å². The van der Waals surface area contributed by atoms with Gasteiger partial charge in [-0.15, -0.1) is 0 Å². The van der Waals surface area contributed by atoms with Gasteiger partial charge < -0.3 is 4.90 Å². The van der Waals surface area contributed by atoms with Gasteiger partial charge in [-0.1, -0.05) is 65.5 Å². The van der Waals surface area contributed by atoms with Crippen molar-refractivity contribution in [3.8, 4) is 0 Å². The second-order valence-electron chi connectivity index (χ2n) is 6.60. The summed E-state index contributed by atoms with van der Waals surface area (Å²) in [5.41, 5.74) is 2.26. The minimum atomic E-state index is -0.151. The second-order valence-corrected chi connectivity index (χ2v) is 8.29. The number of benzene rings is 2. The number of hydrogen-bond acceptors (Lipinski definition) is 2. The molecule has 1 saturated heterocycles. The van der Waals surface area contributed by atoms with Crippen LogP contribution in [0.15, 0.2) is 47.5 Å². The number of halogens is 4. The molecule has 1 aliphatic heterocycles. The first kappa shape index (κ1) is 21.9. The largest absolute Gasteiger partial charge is 0.334 e. The molecule has 0 saturated carbocycles. The van der Waals surface area contributed by atoms with Crippen molar-refractivity contribution in [1.29, 1.82) is 0 Å². The lowest BCUT2D eigenvalue weighted by Gasteiger charge is -2.30. The van der Waals surface area contributed by atoms with Gasteiger partial charge in [0, 0.05) is 50.7 Å². The van der Waals surface area contributed by atoms with Crippen LogP contribution in [0.25, 0.3) is 12.2 Å². The summed E-state index contributed by atoms with van der Waals surface area (Å²) in [4.78, 5) is 27.1. The van der Waals surface area contributed by atoms with Crippen molar-refractivity contribution >= 4 is 70.2 Å². The van der Waals surface area contributed by atoms with Crippen LogP contribution in [0.2, 0.25) is 20.1 Å². The van der Waals surface area contributed by atoms with Gasteiger partial charge in [-0.2, -0.15) is 0 Å². The van der Waals surface area contributed by atoms with Crippen LogP contribution in [0, 0.1) is 0 Å². The van der Waals surface area contributed by atoms with Gasteiger partial charge in [0.1, 0.15) is 0 Å². The van der Waals surface area contributed by atoms with E-state index in [-0.39, 0.29) is 24.8 Å². The summed E-state index contributed by atoms with van der Waals surface area (Å²) in [6.45, 7) is 2.23. The Bertz CT molecular complexity index is 970. The fraction of sp³-hybridized carbons (Fsp3) is 0.182. The molecule has 0 unspecified atom stereocenters. The van der Waals surface area contributed by atoms with Crippen molar-refractivity contribution in [2.75, 3.05) is 13.1 Å². The number of nitrogens with zero attached hydrogens (tertiary/aromatic N) is 1. The maximum Gasteiger partial charge on any atom is 0.222 e. The molecule has 0 aromatic heterocycles. The summed E-state index contributed by atoms with van der Waals surface area (Å²) >= 11 is 24.4. The SMILES string of the molecule is CCC(=O)N1C/C(=C\c2ccc(Cl)cc2Cl)C(=O)/C(=C/c2ccc(Cl)cc2Cl)C1. The molecular formula is C22H17Cl4NO2. The number of Topliss-reactive ketones (excluding diaryl/α,β-unsaturated/α-hetero) is 1. The monoisotopic (exact) mass is 467 g/mol. The van der Waals surface area contributed by atoms with Crippen molar-refractivity contribution in [2.45, 2.75) is 13.3 Å². The summed E-state index contributed by atoms with van der Waals surface area (Å²) in [6.07, 6.45) is 3.75. The molecule has 29 heavy (non-hydrogen) atoms. The van der Waals surface area contributed by atoms with Crippen LogP contribution in [-0.2, 0) is 9.59 Å². The lowest BCUT2D eigenvalue weighted by atomic mass is 9.94. The standard InChI is InChI=1S/C22H17Cl4NO2/c1-2-21(28)27-11-15(7-13-3-5-17(23)9-19(13)25)22(29)16(12-27)8-14-4-6-18(24)10-20(14)26/h3-10H,2,11-12H2,1H3/b15-7+,16-8+. The van der Waals surface area contributed by atoms with Crippen LogP contribution < -0.4 is 0 Å². The fourth-order valence-corrected chi connectivity index (χ4v) is 3.98. The molecule has 150 valence electrons. The van der Waals surface area contributed by atoms with E-state index >= 15 is 0 Å². The predicted molar refractivity (Wildman–Crippen MR) is 121 cm³/mol. The highest BCUT2D eigenvalue weighted by atomic mass is 35.5. The molecule has 0 radical (unpaired) electrons. The molecule has 3 nitrogen and oxygen atoms in total. The van der Waals surface area contributed by atoms with Crippen molar-refractivity contribution in [3.05, 3.63) is 78.8 Å². The Balaban J connectivity index is 2.04. The number of carbonyl (C=O) groups excluding carboxylic acids is 2. The lowest BCUT2D eigenvalue weighted by Crippen LogP contribution is -2.41. The van der Waals surface area contributed by atoms with Crippen molar-refractivity contribution in [2.24, 2.45) is 0 Å². The molecule has 0 aliphatic carbocycles. The van der Waals surface area contributed by atoms with Gasteiger partial charge in [-0.3, -0.25) is 9.59 Å². The lowest BCUT2D eigenvalue weighted by molar-refractivity contribution is -0.131. The third-order valence-electron chi connectivity index (χ3n) is 4.55. The van der Waals surface area contributed by atoms with E-state index in [0.717, 1.165) is 0 Å². The third-order valence-corrected chi connectivity index (χ3v) is 5.67. The molecule has 3 rings (SSSR count). The van der Waals surface area contributed by atoms with E-state index in [1.807, 2.05) is 0 Å². The molecule has 0 spiro atoms. The highest BCUT2D eigenvalue weighted by Crippen LogP contribution is 2.29. The predicted octanol–water partition coefficient (Wildman–Crippen LogP) is 6.59. The van der Waals surface area contributed by atoms with Crippen molar-refractivity contribution < 1.29 is 9.59 Å². The summed E-state index contributed by atoms with van der Waals surface area (Å²) in [6, 6.07) is 10.1. The van der Waals surface area contributed by atoms with Gasteiger partial charge in [0.2, 0.25) is 5.91 Å². The molecule has 7 heteroatoms. The van der Waals surface area contributed by atoms with Gasteiger partial charge in [0.15, 0.2) is 5.78 Å². The normalized spacial score (nSPS) is 17.3. The van der Waals surface area contributed by atoms with Gasteiger partial charge in [-0.25, -0.2) is 0 Å². The van der Waals surface area contributed by atoms with E-state index in [9.17, 15) is 9.59 Å². The van der Waals surface area contributed by atoms with Gasteiger partial charge >= 0.3 is 0 Å². The van der Waals surface area contributed by atoms with Crippen LogP contribution in [0.4, 0.5) is 0 Å². The molecule has 1 aliphatic rings. The van der Waals surface area contributed by atoms with Gasteiger partial charge in [-0.05, 0) is 47.5 Å². The zero-order valence-corrected chi connectivity index (χ0v) is 18.5. The average molecular weight is 469 g/mol. The van der Waals surface area contributed by atoms with E-state index in [0.29, 0.717) is 48.8 Å². The quantitative estimate of drug-likeness (QED) is 0.476. The smallest absolute Gasteiger partial charge is 0.222 e. The van der Waals surface area contributed by atoms with E-state index in [4.69, 9.17) is 46.4 Å². The Morgan fingerprint density at radius 2 is 1.34 bits per heavy atom. The van der Waals surface area contributed by atoms with Gasteiger partial charge in [0.05, 0.1) is 0 Å². The molecule has 0 bridgehead atoms. The Morgan fingerprint density at radius 1 is 0.897 bits per heavy atom. The van der Waals surface area contributed by atoms with Crippen LogP contribution in [0.5, 0.6) is 0 Å². The zero-order chi connectivity index (χ0) is 21.1. The van der Waals surface area contributed by atoms with Crippen LogP contribution >= 0.6 is 46.4 Å². The summed E-state index contributed by atoms with van der Waals surface area (Å²) in [5, 5.41) is 1.88. The first-order valence-corrected chi connectivity index (χ1v) is 10.4. The number of ketones is 1. The topological polar surface area (TPSA) is 37.4 Å². The minimum absolute atomic E-state index is 0.0429. The molecular weight excluding hydrogens is 452 g/mol. The number of likely N-dealkylation sites (tertiary alicyclic amines) is 1. The molecule has 2 aromatic carbocycles. The molecule has 1 fully saturated rings. The van der Waals surface area contributed by atoms with Crippen LogP contribution in [-0.4, -0.2) is 29.7 Å². The van der Waals surface area contributed by atoms with E-state index in [1.165, 1.54) is 0 Å². The second kappa shape index (κ2) is 9.36. The summed E-state index contributed by atoms with van der Waals surface area (Å²) in [5.74, 6) is -0.194. The molecule has 0 atom stereocenters. The third kappa shape index (κ3) is 5.23. The number of amides is 1. The average Bonchev–Trinajstić information content (AvgIpc) is 2.68. The summed E-state index contributed by atoms with van der Waals surface area (Å²) < 4.78 is 0. The number of carbonyl (C=O) groups is 2. The molecule has 1 amide bonds. The fourth-order valence-electron chi connectivity index (χ4n) is 3.05. The Hall–Kier alpha value is -1.78. The van der Waals surface area contributed by atoms with E-state index < -0.39 is 0 Å². The van der Waals surface area contributed by atoms with E-state index in [2.05, 4.69) is 0 Å². The highest BCUT2D eigenvalue weighted by molar-refractivity contribution is 6.36. The maximum absolute atomic E-state index is 13.1. The first-order valence-electron chi connectivity index (χ1n) is 8.92. The Kier molecular flexibility index (Phi) is 7.07. The Labute approximate surface area is 189 Å². The first-order chi connectivity index (χ1) is 13.8. The highest BCUT2D eigenvalue weighted by Gasteiger charge is 2.28. The number of hydrogen-bond donors (Lipinski definition) is 0. The number of piperidine rings is 1. The molecule has 2 aromatic rings. The molecule has 1 heterocycles. The number of rotatable bonds is 3. The molecule has 0 N–H and O–H groups in total. The maximum atomic E-state index is 13.1.